The number of hydrogen-bond donors (Lipinski definition) is 1. The smallest absolute Gasteiger partial charge is 1.00 e. The third-order valence-electron chi connectivity index (χ3n) is 6.75. The van der Waals surface area contributed by atoms with Crippen molar-refractivity contribution in [2.45, 2.75) is 43.8 Å². The van der Waals surface area contributed by atoms with Crippen molar-refractivity contribution in [3.8, 4) is 0 Å². The molecule has 0 bridgehead atoms. The maximum Gasteiger partial charge on any atom is -1.00 e. The SMILES string of the molecule is CCCCC(CC)C(=O)[NH][Ti+2]([CH]1C=Cc2ccccc21)[SiH](c1ccccc1)c1ccccc1.[Cl-].[Cl-]. The van der Waals surface area contributed by atoms with E-state index in [1.165, 1.54) is 21.5 Å². The van der Waals surface area contributed by atoms with Crippen molar-refractivity contribution in [2.75, 3.05) is 0 Å². The van der Waals surface area contributed by atoms with Gasteiger partial charge in [0, 0.05) is 0 Å². The van der Waals surface area contributed by atoms with Gasteiger partial charge in [0.25, 0.3) is 0 Å². The van der Waals surface area contributed by atoms with Gasteiger partial charge in [-0.25, -0.2) is 0 Å². The zero-order chi connectivity index (χ0) is 23.0. The zero-order valence-corrected chi connectivity index (χ0v) is 24.7. The standard InChI is InChI=1S/C12H11Si.C9H7.C8H17NO.2ClH.Ti/c1-3-7-11(8-4-1)13-12-9-5-2-6-10-12;1-2-5-9-7-3-6-8(9)4-1;1-3-5-6-7(4-2)8(9)10;;;/h1-10,13H;1-7H;7H,3-6H2,1-2H3,(H2,9,10);2*1H;/q;;;;;+3/p-3. The van der Waals surface area contributed by atoms with Crippen LogP contribution >= 0.6 is 0 Å². The molecule has 0 radical (unpaired) electrons. The first kappa shape index (κ1) is 29.6. The molecule has 183 valence electrons. The minimum absolute atomic E-state index is 0. The third-order valence-corrected chi connectivity index (χ3v) is 20.3. The van der Waals surface area contributed by atoms with Crippen LogP contribution < -0.4 is 39.0 Å². The molecular weight excluding hydrogens is 525 g/mol. The molecule has 0 heterocycles. The number of rotatable bonds is 10. The molecule has 1 aliphatic carbocycles. The molecule has 0 aromatic heterocycles. The number of hydrogen-bond acceptors (Lipinski definition) is 1. The fourth-order valence-corrected chi connectivity index (χ4v) is 19.5. The molecule has 4 rings (SSSR count). The topological polar surface area (TPSA) is 29.1 Å². The number of halogens is 2. The Morgan fingerprint density at radius 2 is 1.46 bits per heavy atom. The quantitative estimate of drug-likeness (QED) is 0.323. The predicted molar refractivity (Wildman–Crippen MR) is 139 cm³/mol. The summed E-state index contributed by atoms with van der Waals surface area (Å²) in [6, 6.07) is 30.7. The van der Waals surface area contributed by atoms with Crippen LogP contribution in [0.5, 0.6) is 0 Å². The molecule has 0 fully saturated rings. The Labute approximate surface area is 230 Å². The monoisotopic (exact) mass is 558 g/mol. The Morgan fingerprint density at radius 3 is 2.03 bits per heavy atom. The largest absolute Gasteiger partial charge is 1.00 e. The van der Waals surface area contributed by atoms with Crippen molar-refractivity contribution in [1.82, 2.24) is 3.80 Å². The Bertz CT molecular complexity index is 1040. The molecule has 3 aromatic carbocycles. The van der Waals surface area contributed by atoms with Gasteiger partial charge in [0.05, 0.1) is 0 Å². The molecule has 6 heteroatoms. The molecule has 0 saturated heterocycles. The van der Waals surface area contributed by atoms with E-state index in [2.05, 4.69) is 115 Å². The maximum absolute atomic E-state index is 13.7. The van der Waals surface area contributed by atoms with E-state index < -0.39 is 24.0 Å². The summed E-state index contributed by atoms with van der Waals surface area (Å²) in [6.45, 7) is 2.74. The predicted octanol–water partition coefficient (Wildman–Crippen LogP) is -0.833. The molecule has 1 aliphatic rings. The second-order valence-corrected chi connectivity index (χ2v) is 19.2. The number of carbonyl (C=O) groups excluding carboxylic acids is 1. The molecule has 2 unspecified atom stereocenters. The molecule has 0 spiro atoms. The summed E-state index contributed by atoms with van der Waals surface area (Å²) in [6.07, 6.45) is 8.82. The summed E-state index contributed by atoms with van der Waals surface area (Å²) >= 11 is -2.17. The summed E-state index contributed by atoms with van der Waals surface area (Å²) in [4.78, 5) is 13.7. The van der Waals surface area contributed by atoms with E-state index in [1.54, 1.807) is 0 Å². The molecule has 2 nitrogen and oxygen atoms in total. The van der Waals surface area contributed by atoms with Gasteiger partial charge in [0.2, 0.25) is 0 Å². The van der Waals surface area contributed by atoms with Crippen molar-refractivity contribution in [3.05, 3.63) is 102 Å². The molecule has 35 heavy (non-hydrogen) atoms. The van der Waals surface area contributed by atoms with Gasteiger partial charge in [-0.1, -0.05) is 0 Å². The number of allylic oxidation sites excluding steroid dienone is 1. The van der Waals surface area contributed by atoms with Gasteiger partial charge in [0.1, 0.15) is 0 Å². The third kappa shape index (κ3) is 7.21. The van der Waals surface area contributed by atoms with E-state index >= 15 is 0 Å². The second-order valence-electron chi connectivity index (χ2n) is 8.91. The Hall–Kier alpha value is -1.62. The van der Waals surface area contributed by atoms with Crippen molar-refractivity contribution >= 4 is 29.0 Å². The summed E-state index contributed by atoms with van der Waals surface area (Å²) in [7, 11) is 0. The van der Waals surface area contributed by atoms with Crippen LogP contribution in [0.4, 0.5) is 0 Å². The van der Waals surface area contributed by atoms with E-state index in [-0.39, 0.29) is 30.7 Å². The van der Waals surface area contributed by atoms with Gasteiger partial charge in [-0.3, -0.25) is 0 Å². The van der Waals surface area contributed by atoms with Crippen molar-refractivity contribution in [1.29, 1.82) is 0 Å². The van der Waals surface area contributed by atoms with Crippen LogP contribution in [0.2, 0.25) is 0 Å². The number of carbonyl (C=O) groups is 1. The summed E-state index contributed by atoms with van der Waals surface area (Å²) in [5.74, 6) is 0.414. The first-order valence-electron chi connectivity index (χ1n) is 12.3. The first-order chi connectivity index (χ1) is 16.2. The van der Waals surface area contributed by atoms with Crippen LogP contribution in [0, 0.1) is 5.92 Å². The second kappa shape index (κ2) is 14.8. The van der Waals surface area contributed by atoms with Crippen molar-refractivity contribution in [3.63, 3.8) is 0 Å². The van der Waals surface area contributed by atoms with Crippen LogP contribution in [0.3, 0.4) is 0 Å². The van der Waals surface area contributed by atoms with Crippen LogP contribution in [0.15, 0.2) is 91.0 Å². The molecule has 1 N–H and O–H groups in total. The zero-order valence-electron chi connectivity index (χ0n) is 20.5. The van der Waals surface area contributed by atoms with Gasteiger partial charge in [-0.2, -0.15) is 0 Å². The minimum atomic E-state index is -2.17. The molecule has 0 aliphatic heterocycles. The molecule has 0 saturated carbocycles. The molecule has 1 amide bonds. The van der Waals surface area contributed by atoms with Gasteiger partial charge in [0.15, 0.2) is 0 Å². The van der Waals surface area contributed by atoms with Gasteiger partial charge >= 0.3 is 207 Å². The van der Waals surface area contributed by atoms with Crippen LogP contribution in [0.1, 0.15) is 54.9 Å². The molecule has 2 atom stereocenters. The molecular formula is C29H34Cl2NOSiTi. The van der Waals surface area contributed by atoms with Crippen molar-refractivity contribution < 1.29 is 47.0 Å². The molecule has 3 aromatic rings. The Morgan fingerprint density at radius 1 is 0.886 bits per heavy atom. The summed E-state index contributed by atoms with van der Waals surface area (Å²) in [5.41, 5.74) is 2.72. The maximum atomic E-state index is 13.7. The van der Waals surface area contributed by atoms with Gasteiger partial charge in [-0.05, 0) is 0 Å². The van der Waals surface area contributed by atoms with E-state index in [9.17, 15) is 4.79 Å². The number of amides is 1. The number of benzene rings is 3. The van der Waals surface area contributed by atoms with Crippen LogP contribution in [-0.4, -0.2) is 12.6 Å². The summed E-state index contributed by atoms with van der Waals surface area (Å²) in [5, 5.41) is 2.89. The fourth-order valence-electron chi connectivity index (χ4n) is 4.91. The van der Waals surface area contributed by atoms with E-state index in [4.69, 9.17) is 0 Å². The minimum Gasteiger partial charge on any atom is -1.00 e. The fraction of sp³-hybridized carbons (Fsp3) is 0.276. The van der Waals surface area contributed by atoms with Crippen LogP contribution in [0.25, 0.3) is 6.08 Å². The average molecular weight is 559 g/mol. The first-order valence-corrected chi connectivity index (χ1v) is 18.4. The number of fused-ring (bicyclic) bond motifs is 1. The van der Waals surface area contributed by atoms with Gasteiger partial charge < -0.3 is 24.8 Å². The number of nitrogens with one attached hydrogen (secondary N) is 1. The Balaban J connectivity index is 0.00000216. The van der Waals surface area contributed by atoms with E-state index in [0.717, 1.165) is 25.7 Å². The average Bonchev–Trinajstić information content (AvgIpc) is 3.29. The van der Waals surface area contributed by atoms with Gasteiger partial charge in [-0.15, -0.1) is 0 Å². The Kier molecular flexibility index (Phi) is 12.5. The normalized spacial score (nSPS) is 14.4. The van der Waals surface area contributed by atoms with Crippen LogP contribution in [-0.2, 0) is 22.2 Å². The van der Waals surface area contributed by atoms with Crippen molar-refractivity contribution in [2.24, 2.45) is 5.92 Å². The van der Waals surface area contributed by atoms with E-state index in [1.807, 2.05) is 0 Å². The summed E-state index contributed by atoms with van der Waals surface area (Å²) < 4.78 is 4.15. The number of unbranched alkanes of at least 4 members (excludes halogenated alkanes) is 1. The van der Waals surface area contributed by atoms with E-state index in [0.29, 0.717) is 10.1 Å².